The van der Waals surface area contributed by atoms with Gasteiger partial charge in [-0.3, -0.25) is 9.69 Å². The molecule has 39 heavy (non-hydrogen) atoms. The van der Waals surface area contributed by atoms with Crippen LogP contribution in [0.15, 0.2) is 66.7 Å². The number of hydrogen-bond acceptors (Lipinski definition) is 5. The molecule has 1 amide bonds. The molecule has 1 N–H and O–H groups in total. The molecule has 3 fully saturated rings. The van der Waals surface area contributed by atoms with Gasteiger partial charge in [0.1, 0.15) is 0 Å². The van der Waals surface area contributed by atoms with Gasteiger partial charge in [0.15, 0.2) is 11.5 Å². The maximum atomic E-state index is 13.7. The minimum Gasteiger partial charge on any atom is -0.454 e. The molecule has 0 radical (unpaired) electrons. The summed E-state index contributed by atoms with van der Waals surface area (Å²) in [5.41, 5.74) is 6.06. The molecular formula is C33H35N3O3. The van der Waals surface area contributed by atoms with E-state index in [9.17, 15) is 4.79 Å². The van der Waals surface area contributed by atoms with E-state index < -0.39 is 0 Å². The number of nitrogens with zero attached hydrogens (tertiary/aromatic N) is 2. The Hall–Kier alpha value is -3.51. The van der Waals surface area contributed by atoms with Gasteiger partial charge < -0.3 is 19.7 Å². The first kappa shape index (κ1) is 23.4. The van der Waals surface area contributed by atoms with E-state index in [1.807, 2.05) is 17.0 Å². The summed E-state index contributed by atoms with van der Waals surface area (Å²) in [6.45, 7) is 4.42. The number of carbonyl (C=O) groups excluding carboxylic acids is 1. The van der Waals surface area contributed by atoms with Gasteiger partial charge in [0.25, 0.3) is 5.91 Å². The number of anilines is 1. The fourth-order valence-electron chi connectivity index (χ4n) is 8.20. The van der Waals surface area contributed by atoms with Gasteiger partial charge in [-0.2, -0.15) is 0 Å². The van der Waals surface area contributed by atoms with Crippen LogP contribution >= 0.6 is 0 Å². The van der Waals surface area contributed by atoms with Crippen molar-refractivity contribution in [3.8, 4) is 11.5 Å². The maximum Gasteiger partial charge on any atom is 0.253 e. The lowest BCUT2D eigenvalue weighted by Gasteiger charge is -2.43. The Labute approximate surface area is 229 Å². The van der Waals surface area contributed by atoms with Gasteiger partial charge in [0.05, 0.1) is 6.04 Å². The molecule has 2 saturated carbocycles. The Morgan fingerprint density at radius 3 is 2.56 bits per heavy atom. The molecule has 6 heteroatoms. The Bertz CT molecular complexity index is 1400. The van der Waals surface area contributed by atoms with Crippen molar-refractivity contribution in [1.82, 2.24) is 9.80 Å². The summed E-state index contributed by atoms with van der Waals surface area (Å²) in [5.74, 6) is 4.52. The van der Waals surface area contributed by atoms with Crippen LogP contribution in [0.2, 0.25) is 0 Å². The summed E-state index contributed by atoms with van der Waals surface area (Å²) in [7, 11) is 0. The molecule has 2 aliphatic carbocycles. The Morgan fingerprint density at radius 1 is 0.872 bits per heavy atom. The van der Waals surface area contributed by atoms with Crippen LogP contribution in [0.3, 0.4) is 0 Å². The third-order valence-corrected chi connectivity index (χ3v) is 10.00. The summed E-state index contributed by atoms with van der Waals surface area (Å²) < 4.78 is 11.0. The van der Waals surface area contributed by atoms with Crippen LogP contribution in [0.4, 0.5) is 5.69 Å². The second-order valence-corrected chi connectivity index (χ2v) is 12.0. The molecule has 5 atom stereocenters. The van der Waals surface area contributed by atoms with Gasteiger partial charge in [0, 0.05) is 44.0 Å². The zero-order valence-electron chi connectivity index (χ0n) is 22.2. The van der Waals surface area contributed by atoms with E-state index in [0.717, 1.165) is 61.6 Å². The molecule has 200 valence electrons. The molecule has 1 saturated heterocycles. The lowest BCUT2D eigenvalue weighted by atomic mass is 9.68. The van der Waals surface area contributed by atoms with Crippen molar-refractivity contribution in [2.24, 2.45) is 17.8 Å². The average molecular weight is 522 g/mol. The maximum absolute atomic E-state index is 13.7. The van der Waals surface area contributed by atoms with Crippen molar-refractivity contribution < 1.29 is 14.3 Å². The van der Waals surface area contributed by atoms with Crippen molar-refractivity contribution in [2.45, 2.75) is 37.8 Å². The summed E-state index contributed by atoms with van der Waals surface area (Å²) in [5, 5.41) is 3.91. The average Bonchev–Trinajstić information content (AvgIpc) is 3.74. The molecule has 6 nitrogen and oxygen atoms in total. The minimum atomic E-state index is 0.172. The van der Waals surface area contributed by atoms with Crippen molar-refractivity contribution >= 4 is 11.6 Å². The van der Waals surface area contributed by atoms with Gasteiger partial charge in [-0.15, -0.1) is 0 Å². The van der Waals surface area contributed by atoms with Crippen LogP contribution in [0.1, 0.15) is 58.3 Å². The predicted molar refractivity (Wildman–Crippen MR) is 150 cm³/mol. The molecule has 3 heterocycles. The van der Waals surface area contributed by atoms with E-state index in [0.29, 0.717) is 24.7 Å². The van der Waals surface area contributed by atoms with Gasteiger partial charge in [-0.25, -0.2) is 0 Å². The lowest BCUT2D eigenvalue weighted by Crippen LogP contribution is -2.48. The molecular weight excluding hydrogens is 486 g/mol. The van der Waals surface area contributed by atoms with Crippen molar-refractivity contribution in [3.63, 3.8) is 0 Å². The number of amides is 1. The number of nitrogens with one attached hydrogen (secondary N) is 1. The molecule has 5 aliphatic rings. The highest BCUT2D eigenvalue weighted by molar-refractivity contribution is 5.95. The van der Waals surface area contributed by atoms with E-state index >= 15 is 0 Å². The first-order valence-corrected chi connectivity index (χ1v) is 14.6. The molecule has 3 aliphatic heterocycles. The van der Waals surface area contributed by atoms with E-state index in [1.54, 1.807) is 0 Å². The van der Waals surface area contributed by atoms with Gasteiger partial charge in [-0.1, -0.05) is 36.4 Å². The standard InChI is InChI=1S/C33H35N3O3/c37-33(36-14-12-35(13-15-36)19-21-6-11-28-29(16-21)39-20-38-28)25-9-10-27-26(18-25)30-23-7-8-24(17-23)31(30)32(34-27)22-4-2-1-3-5-22/h1-6,9-11,16,18,23-24,30-32,34H,7-8,12-15,17,19-20H2/t23-,24-,30-,31-,32+/m0/s1. The highest BCUT2D eigenvalue weighted by Gasteiger charge is 2.53. The molecule has 0 unspecified atom stereocenters. The van der Waals surface area contributed by atoms with Gasteiger partial charge in [0.2, 0.25) is 6.79 Å². The largest absolute Gasteiger partial charge is 0.454 e. The van der Waals surface area contributed by atoms with Crippen LogP contribution in [-0.4, -0.2) is 48.7 Å². The number of piperazine rings is 1. The third kappa shape index (κ3) is 3.99. The molecule has 3 aromatic carbocycles. The molecule has 3 aromatic rings. The second kappa shape index (κ2) is 9.30. The van der Waals surface area contributed by atoms with E-state index in [2.05, 4.69) is 64.8 Å². The summed E-state index contributed by atoms with van der Waals surface area (Å²) in [4.78, 5) is 18.1. The number of rotatable bonds is 4. The van der Waals surface area contributed by atoms with Crippen LogP contribution in [0.25, 0.3) is 0 Å². The zero-order chi connectivity index (χ0) is 25.9. The number of benzene rings is 3. The van der Waals surface area contributed by atoms with E-state index in [-0.39, 0.29) is 5.91 Å². The highest BCUT2D eigenvalue weighted by atomic mass is 16.7. The molecule has 8 rings (SSSR count). The fourth-order valence-corrected chi connectivity index (χ4v) is 8.20. The van der Waals surface area contributed by atoms with Gasteiger partial charge in [-0.05, 0) is 90.0 Å². The second-order valence-electron chi connectivity index (χ2n) is 12.0. The van der Waals surface area contributed by atoms with Crippen molar-refractivity contribution in [1.29, 1.82) is 0 Å². The van der Waals surface area contributed by atoms with Crippen LogP contribution in [0, 0.1) is 17.8 Å². The number of hydrogen-bond donors (Lipinski definition) is 1. The third-order valence-electron chi connectivity index (χ3n) is 10.00. The van der Waals surface area contributed by atoms with Gasteiger partial charge >= 0.3 is 0 Å². The SMILES string of the molecule is O=C(c1ccc2c(c1)[C@@H]1[C@H]3CC[C@@H](C3)[C@@H]1[C@@H](c1ccccc1)N2)N1CCN(Cc2ccc3c(c2)OCO3)CC1. The summed E-state index contributed by atoms with van der Waals surface area (Å²) in [6.07, 6.45) is 4.01. The van der Waals surface area contributed by atoms with Crippen molar-refractivity contribution in [3.05, 3.63) is 89.0 Å². The summed E-state index contributed by atoms with van der Waals surface area (Å²) in [6, 6.07) is 24.0. The number of ether oxygens (including phenoxy) is 2. The Kier molecular flexibility index (Phi) is 5.58. The lowest BCUT2D eigenvalue weighted by molar-refractivity contribution is 0.0628. The normalized spacial score (nSPS) is 28.6. The number of fused-ring (bicyclic) bond motifs is 8. The highest BCUT2D eigenvalue weighted by Crippen LogP contribution is 2.63. The number of carbonyl (C=O) groups is 1. The molecule has 0 spiro atoms. The molecule has 2 bridgehead atoms. The van der Waals surface area contributed by atoms with Crippen molar-refractivity contribution in [2.75, 3.05) is 38.3 Å². The monoisotopic (exact) mass is 521 g/mol. The quantitative estimate of drug-likeness (QED) is 0.480. The smallest absolute Gasteiger partial charge is 0.253 e. The van der Waals surface area contributed by atoms with E-state index in [4.69, 9.17) is 9.47 Å². The van der Waals surface area contributed by atoms with E-state index in [1.165, 1.54) is 41.6 Å². The topological polar surface area (TPSA) is 54.0 Å². The Morgan fingerprint density at radius 2 is 1.69 bits per heavy atom. The van der Waals surface area contributed by atoms with Crippen LogP contribution in [0.5, 0.6) is 11.5 Å². The first-order chi connectivity index (χ1) is 19.2. The summed E-state index contributed by atoms with van der Waals surface area (Å²) >= 11 is 0. The predicted octanol–water partition coefficient (Wildman–Crippen LogP) is 5.67. The first-order valence-electron chi connectivity index (χ1n) is 14.6. The molecule has 0 aromatic heterocycles. The van der Waals surface area contributed by atoms with Crippen LogP contribution in [-0.2, 0) is 6.54 Å². The van der Waals surface area contributed by atoms with Crippen LogP contribution < -0.4 is 14.8 Å². The Balaban J connectivity index is 0.983. The minimum absolute atomic E-state index is 0.172. The fraction of sp³-hybridized carbons (Fsp3) is 0.424. The zero-order valence-corrected chi connectivity index (χ0v) is 22.2.